The molecule has 8 heteroatoms. The number of aryl methyl sites for hydroxylation is 1. The molecule has 3 aromatic rings. The number of carbonyl (C=O) groups excluding carboxylic acids is 1. The molecule has 1 saturated carbocycles. The molecule has 1 aliphatic heterocycles. The molecule has 1 atom stereocenters. The summed E-state index contributed by atoms with van der Waals surface area (Å²) in [7, 11) is 3.83. The van der Waals surface area contributed by atoms with Gasteiger partial charge in [0.25, 0.3) is 0 Å². The molecule has 1 aliphatic carbocycles. The van der Waals surface area contributed by atoms with Gasteiger partial charge in [0, 0.05) is 43.3 Å². The maximum absolute atomic E-state index is 12.7. The van der Waals surface area contributed by atoms with E-state index in [9.17, 15) is 4.79 Å². The van der Waals surface area contributed by atoms with Crippen LogP contribution in [0.1, 0.15) is 39.3 Å². The van der Waals surface area contributed by atoms with E-state index in [0.717, 1.165) is 40.7 Å². The average Bonchev–Trinajstić information content (AvgIpc) is 3.54. The second-order valence-electron chi connectivity index (χ2n) is 9.44. The number of rotatable bonds is 6. The predicted molar refractivity (Wildman–Crippen MR) is 131 cm³/mol. The molecule has 1 fully saturated rings. The van der Waals surface area contributed by atoms with Gasteiger partial charge < -0.3 is 15.1 Å². The summed E-state index contributed by atoms with van der Waals surface area (Å²) in [6.45, 7) is 6.18. The lowest BCUT2D eigenvalue weighted by atomic mass is 10.0. The molecule has 172 valence electrons. The SMILES string of the molecule is CC(C)N1c2cc(Nc3nccc(-c4cnn(C)c4CC4CC4)n3)ccc2N(C)C(=O)[C@H]1C. The van der Waals surface area contributed by atoms with Gasteiger partial charge in [-0.15, -0.1) is 0 Å². The number of fused-ring (bicyclic) bond motifs is 1. The highest BCUT2D eigenvalue weighted by Gasteiger charge is 2.35. The standard InChI is InChI=1S/C25H31N7O/c1-15(2)32-16(3)24(33)30(4)21-9-8-18(13-23(21)32)28-25-26-11-10-20(29-25)19-14-27-31(5)22(19)12-17-6-7-17/h8-11,13-17H,6-7,12H2,1-5H3,(H,26,28,29)/t16-/m1/s1. The minimum absolute atomic E-state index is 0.103. The van der Waals surface area contributed by atoms with Crippen LogP contribution in [0, 0.1) is 5.92 Å². The maximum atomic E-state index is 12.7. The van der Waals surface area contributed by atoms with Crippen LogP contribution < -0.4 is 15.1 Å². The van der Waals surface area contributed by atoms with E-state index >= 15 is 0 Å². The molecule has 5 rings (SSSR count). The molecule has 0 spiro atoms. The lowest BCUT2D eigenvalue weighted by molar-refractivity contribution is -0.119. The Bertz CT molecular complexity index is 1200. The third kappa shape index (κ3) is 3.94. The molecule has 2 aromatic heterocycles. The van der Waals surface area contributed by atoms with Crippen LogP contribution >= 0.6 is 0 Å². The Morgan fingerprint density at radius 2 is 1.94 bits per heavy atom. The Labute approximate surface area is 194 Å². The minimum atomic E-state index is -0.215. The number of benzene rings is 1. The highest BCUT2D eigenvalue weighted by molar-refractivity contribution is 6.05. The fraction of sp³-hybridized carbons (Fsp3) is 0.440. The summed E-state index contributed by atoms with van der Waals surface area (Å²) in [4.78, 5) is 25.8. The van der Waals surface area contributed by atoms with Gasteiger partial charge in [-0.05, 0) is 70.2 Å². The number of hydrogen-bond donors (Lipinski definition) is 1. The predicted octanol–water partition coefficient (Wildman–Crippen LogP) is 4.15. The van der Waals surface area contributed by atoms with Gasteiger partial charge in [0.05, 0.1) is 23.3 Å². The van der Waals surface area contributed by atoms with E-state index in [1.807, 2.05) is 50.1 Å². The Balaban J connectivity index is 1.45. The summed E-state index contributed by atoms with van der Waals surface area (Å²) < 4.78 is 1.96. The molecular formula is C25H31N7O. The van der Waals surface area contributed by atoms with Crippen molar-refractivity contribution in [3.05, 3.63) is 42.4 Å². The van der Waals surface area contributed by atoms with Crippen molar-refractivity contribution in [1.29, 1.82) is 0 Å². The van der Waals surface area contributed by atoms with Gasteiger partial charge in [-0.25, -0.2) is 9.97 Å². The molecule has 3 heterocycles. The molecule has 33 heavy (non-hydrogen) atoms. The zero-order chi connectivity index (χ0) is 23.3. The fourth-order valence-corrected chi connectivity index (χ4v) is 4.76. The second-order valence-corrected chi connectivity index (χ2v) is 9.44. The van der Waals surface area contributed by atoms with Crippen LogP contribution in [-0.2, 0) is 18.3 Å². The first-order chi connectivity index (χ1) is 15.8. The Kier molecular flexibility index (Phi) is 5.31. The second kappa shape index (κ2) is 8.17. The van der Waals surface area contributed by atoms with Crippen molar-refractivity contribution < 1.29 is 4.79 Å². The summed E-state index contributed by atoms with van der Waals surface area (Å²) in [6, 6.07) is 7.95. The van der Waals surface area contributed by atoms with Gasteiger partial charge in [-0.2, -0.15) is 5.10 Å². The maximum Gasteiger partial charge on any atom is 0.249 e. The highest BCUT2D eigenvalue weighted by Crippen LogP contribution is 2.39. The van der Waals surface area contributed by atoms with E-state index < -0.39 is 0 Å². The van der Waals surface area contributed by atoms with Crippen LogP contribution in [0.25, 0.3) is 11.3 Å². The van der Waals surface area contributed by atoms with Crippen LogP contribution in [0.2, 0.25) is 0 Å². The molecule has 8 nitrogen and oxygen atoms in total. The molecule has 0 radical (unpaired) electrons. The smallest absolute Gasteiger partial charge is 0.249 e. The number of anilines is 4. The summed E-state index contributed by atoms with van der Waals surface area (Å²) in [5, 5.41) is 7.84. The van der Waals surface area contributed by atoms with Crippen molar-refractivity contribution in [2.75, 3.05) is 22.2 Å². The summed E-state index contributed by atoms with van der Waals surface area (Å²) >= 11 is 0. The van der Waals surface area contributed by atoms with E-state index in [2.05, 4.69) is 40.2 Å². The van der Waals surface area contributed by atoms with Crippen LogP contribution in [0.4, 0.5) is 23.0 Å². The van der Waals surface area contributed by atoms with E-state index in [1.54, 1.807) is 11.1 Å². The third-order valence-corrected chi connectivity index (χ3v) is 6.70. The number of nitrogens with zero attached hydrogens (tertiary/aromatic N) is 6. The van der Waals surface area contributed by atoms with Crippen molar-refractivity contribution in [3.63, 3.8) is 0 Å². The first-order valence-electron chi connectivity index (χ1n) is 11.6. The first kappa shape index (κ1) is 21.4. The van der Waals surface area contributed by atoms with Crippen molar-refractivity contribution >= 4 is 28.9 Å². The van der Waals surface area contributed by atoms with Gasteiger partial charge in [-0.1, -0.05) is 0 Å². The van der Waals surface area contributed by atoms with Crippen LogP contribution in [0.5, 0.6) is 0 Å². The number of nitrogens with one attached hydrogen (secondary N) is 1. The van der Waals surface area contributed by atoms with Crippen molar-refractivity contribution in [3.8, 4) is 11.3 Å². The number of hydrogen-bond acceptors (Lipinski definition) is 6. The first-order valence-corrected chi connectivity index (χ1v) is 11.6. The Hall–Kier alpha value is -3.42. The number of aromatic nitrogens is 4. The molecule has 0 saturated heterocycles. The number of likely N-dealkylation sites (N-methyl/N-ethyl adjacent to an activating group) is 1. The van der Waals surface area contributed by atoms with E-state index in [0.29, 0.717) is 5.95 Å². The lowest BCUT2D eigenvalue weighted by Crippen LogP contribution is -2.53. The van der Waals surface area contributed by atoms with Crippen LogP contribution in [0.3, 0.4) is 0 Å². The molecule has 0 unspecified atom stereocenters. The third-order valence-electron chi connectivity index (χ3n) is 6.70. The average molecular weight is 446 g/mol. The van der Waals surface area contributed by atoms with E-state index in [4.69, 9.17) is 4.98 Å². The molecule has 1 amide bonds. The van der Waals surface area contributed by atoms with Gasteiger partial charge in [-0.3, -0.25) is 9.48 Å². The zero-order valence-electron chi connectivity index (χ0n) is 19.9. The van der Waals surface area contributed by atoms with Gasteiger partial charge >= 0.3 is 0 Å². The molecule has 1 N–H and O–H groups in total. The number of carbonyl (C=O) groups is 1. The minimum Gasteiger partial charge on any atom is -0.356 e. The van der Waals surface area contributed by atoms with Crippen LogP contribution in [-0.4, -0.2) is 44.8 Å². The largest absolute Gasteiger partial charge is 0.356 e. The van der Waals surface area contributed by atoms with Crippen LogP contribution in [0.15, 0.2) is 36.7 Å². The van der Waals surface area contributed by atoms with Crippen molar-refractivity contribution in [2.45, 2.75) is 52.1 Å². The summed E-state index contributed by atoms with van der Waals surface area (Å²) in [5.41, 5.74) is 5.99. The molecule has 0 bridgehead atoms. The summed E-state index contributed by atoms with van der Waals surface area (Å²) in [5.74, 6) is 1.41. The Morgan fingerprint density at radius 3 is 2.67 bits per heavy atom. The normalized spacial score (nSPS) is 18.1. The molecular weight excluding hydrogens is 414 g/mol. The van der Waals surface area contributed by atoms with Gasteiger partial charge in [0.15, 0.2) is 0 Å². The van der Waals surface area contributed by atoms with Crippen molar-refractivity contribution in [2.24, 2.45) is 13.0 Å². The fourth-order valence-electron chi connectivity index (χ4n) is 4.76. The zero-order valence-corrected chi connectivity index (χ0v) is 19.9. The summed E-state index contributed by atoms with van der Waals surface area (Å²) in [6.07, 6.45) is 7.32. The molecule has 1 aromatic carbocycles. The monoisotopic (exact) mass is 445 g/mol. The molecule has 2 aliphatic rings. The quantitative estimate of drug-likeness (QED) is 0.614. The lowest BCUT2D eigenvalue weighted by Gasteiger charge is -2.42. The van der Waals surface area contributed by atoms with E-state index in [1.165, 1.54) is 18.5 Å². The van der Waals surface area contributed by atoms with Gasteiger partial charge in [0.2, 0.25) is 11.9 Å². The van der Waals surface area contributed by atoms with E-state index in [-0.39, 0.29) is 18.0 Å². The topological polar surface area (TPSA) is 79.2 Å². The Morgan fingerprint density at radius 1 is 1.15 bits per heavy atom. The van der Waals surface area contributed by atoms with Crippen molar-refractivity contribution in [1.82, 2.24) is 19.7 Å². The van der Waals surface area contributed by atoms with Gasteiger partial charge in [0.1, 0.15) is 6.04 Å². The number of amides is 1. The highest BCUT2D eigenvalue weighted by atomic mass is 16.2.